The number of carbonyl (C=O) groups excluding carboxylic acids is 1. The molecule has 5 N–H and O–H groups in total. The maximum absolute atomic E-state index is 13.7. The minimum absolute atomic E-state index is 0.0372. The van der Waals surface area contributed by atoms with Gasteiger partial charge < -0.3 is 16.0 Å². The van der Waals surface area contributed by atoms with E-state index in [4.69, 9.17) is 5.14 Å². The van der Waals surface area contributed by atoms with Crippen molar-refractivity contribution in [1.29, 1.82) is 0 Å². The van der Waals surface area contributed by atoms with Gasteiger partial charge in [-0.2, -0.15) is 0 Å². The standard InChI is InChI=1S/C28H28FN5O2S/c1-37(30,36)34-25-16-24(17-25)31-21-11-13-23(14-12-21)33-28(35)19-6-9-22(10-7-19)32-27-4-2-3-18-5-8-20(29)15-26(18)27/h2-15,24-25,31-32H,16-17H2,1H3,(H,33,35)(H2,30,34,36). The maximum atomic E-state index is 13.7. The summed E-state index contributed by atoms with van der Waals surface area (Å²) >= 11 is 0. The number of anilines is 4. The number of carbonyl (C=O) groups is 1. The normalized spacial score (nSPS) is 18.4. The molecule has 5 rings (SSSR count). The van der Waals surface area contributed by atoms with Crippen molar-refractivity contribution in [2.45, 2.75) is 24.9 Å². The highest BCUT2D eigenvalue weighted by Gasteiger charge is 2.29. The van der Waals surface area contributed by atoms with Crippen LogP contribution in [-0.4, -0.2) is 28.5 Å². The van der Waals surface area contributed by atoms with Gasteiger partial charge in [-0.1, -0.05) is 18.2 Å². The molecule has 0 spiro atoms. The van der Waals surface area contributed by atoms with Gasteiger partial charge in [0.05, 0.1) is 6.04 Å². The number of nitrogens with zero attached hydrogens (tertiary/aromatic N) is 1. The minimum atomic E-state index is -2.56. The van der Waals surface area contributed by atoms with E-state index in [0.29, 0.717) is 11.3 Å². The first-order chi connectivity index (χ1) is 17.7. The zero-order valence-electron chi connectivity index (χ0n) is 20.3. The predicted molar refractivity (Wildman–Crippen MR) is 149 cm³/mol. The lowest BCUT2D eigenvalue weighted by Gasteiger charge is -2.34. The average molecular weight is 518 g/mol. The van der Waals surface area contributed by atoms with Gasteiger partial charge >= 0.3 is 0 Å². The summed E-state index contributed by atoms with van der Waals surface area (Å²) in [5.41, 5.74) is 3.73. The summed E-state index contributed by atoms with van der Waals surface area (Å²) in [5, 5.41) is 16.8. The van der Waals surface area contributed by atoms with Crippen molar-refractivity contribution in [2.24, 2.45) is 9.50 Å². The summed E-state index contributed by atoms with van der Waals surface area (Å²) in [6.07, 6.45) is 3.03. The van der Waals surface area contributed by atoms with Crippen molar-refractivity contribution in [3.63, 3.8) is 0 Å². The molecule has 0 aromatic heterocycles. The molecule has 37 heavy (non-hydrogen) atoms. The monoisotopic (exact) mass is 517 g/mol. The topological polar surface area (TPSA) is 109 Å². The molecule has 190 valence electrons. The average Bonchev–Trinajstić information content (AvgIpc) is 2.84. The lowest BCUT2D eigenvalue weighted by molar-refractivity contribution is 0.102. The van der Waals surface area contributed by atoms with Crippen molar-refractivity contribution in [3.8, 4) is 0 Å². The Balaban J connectivity index is 1.17. The second-order valence-electron chi connectivity index (χ2n) is 9.34. The maximum Gasteiger partial charge on any atom is 0.255 e. The number of fused-ring (bicyclic) bond motifs is 1. The number of nitrogens with two attached hydrogens (primary N) is 1. The fourth-order valence-electron chi connectivity index (χ4n) is 4.39. The van der Waals surface area contributed by atoms with E-state index < -0.39 is 9.92 Å². The van der Waals surface area contributed by atoms with E-state index in [-0.39, 0.29) is 23.8 Å². The third-order valence-corrected chi connectivity index (χ3v) is 6.97. The Kier molecular flexibility index (Phi) is 6.82. The Morgan fingerprint density at radius 2 is 1.62 bits per heavy atom. The van der Waals surface area contributed by atoms with E-state index in [9.17, 15) is 13.4 Å². The number of hydrogen-bond donors (Lipinski definition) is 4. The Hall–Kier alpha value is -3.95. The van der Waals surface area contributed by atoms with Crippen LogP contribution in [-0.2, 0) is 9.92 Å². The van der Waals surface area contributed by atoms with Crippen molar-refractivity contribution in [3.05, 3.63) is 96.3 Å². The van der Waals surface area contributed by atoms with Crippen LogP contribution in [0.15, 0.2) is 89.3 Å². The molecule has 1 fully saturated rings. The molecule has 1 atom stereocenters. The summed E-state index contributed by atoms with van der Waals surface area (Å²) in [6, 6.07) is 25.4. The summed E-state index contributed by atoms with van der Waals surface area (Å²) < 4.78 is 29.4. The van der Waals surface area contributed by atoms with Crippen LogP contribution in [0, 0.1) is 5.82 Å². The van der Waals surface area contributed by atoms with E-state index in [1.807, 2.05) is 54.6 Å². The number of nitrogens with one attached hydrogen (secondary N) is 3. The van der Waals surface area contributed by atoms with E-state index in [0.717, 1.165) is 40.7 Å². The molecule has 0 bridgehead atoms. The second kappa shape index (κ2) is 10.2. The molecule has 0 heterocycles. The molecule has 1 unspecified atom stereocenters. The van der Waals surface area contributed by atoms with E-state index in [1.165, 1.54) is 18.4 Å². The molecular formula is C28H28FN5O2S. The van der Waals surface area contributed by atoms with Gasteiger partial charge in [0.15, 0.2) is 0 Å². The SMILES string of the molecule is CS(N)(=O)=NC1CC(Nc2ccc(NC(=O)c3ccc(Nc4cccc5ccc(F)cc45)cc3)cc2)C1. The molecule has 9 heteroatoms. The van der Waals surface area contributed by atoms with Gasteiger partial charge in [-0.3, -0.25) is 4.79 Å². The first-order valence-electron chi connectivity index (χ1n) is 11.9. The fraction of sp³-hybridized carbons (Fsp3) is 0.179. The number of halogens is 1. The Labute approximate surface area is 215 Å². The van der Waals surface area contributed by atoms with Crippen LogP contribution < -0.4 is 21.1 Å². The zero-order chi connectivity index (χ0) is 26.0. The molecule has 4 aromatic carbocycles. The van der Waals surface area contributed by atoms with E-state index in [1.54, 1.807) is 18.2 Å². The molecule has 1 aliphatic rings. The van der Waals surface area contributed by atoms with Crippen LogP contribution in [0.5, 0.6) is 0 Å². The lowest BCUT2D eigenvalue weighted by atomic mass is 9.87. The Bertz CT molecular complexity index is 1550. The highest BCUT2D eigenvalue weighted by Crippen LogP contribution is 2.29. The summed E-state index contributed by atoms with van der Waals surface area (Å²) in [7, 11) is -2.56. The third kappa shape index (κ3) is 6.25. The van der Waals surface area contributed by atoms with Crippen molar-refractivity contribution in [1.82, 2.24) is 0 Å². The van der Waals surface area contributed by atoms with E-state index in [2.05, 4.69) is 20.3 Å². The first kappa shape index (κ1) is 24.7. The zero-order valence-corrected chi connectivity index (χ0v) is 21.1. The van der Waals surface area contributed by atoms with Crippen LogP contribution >= 0.6 is 0 Å². The first-order valence-corrected chi connectivity index (χ1v) is 13.9. The number of amides is 1. The van der Waals surface area contributed by atoms with Crippen LogP contribution in [0.1, 0.15) is 23.2 Å². The van der Waals surface area contributed by atoms with Crippen molar-refractivity contribution < 1.29 is 13.4 Å². The predicted octanol–water partition coefficient (Wildman–Crippen LogP) is 5.89. The fourth-order valence-corrected chi connectivity index (χ4v) is 5.15. The van der Waals surface area contributed by atoms with Gasteiger partial charge in [0.25, 0.3) is 5.91 Å². The molecule has 0 aliphatic heterocycles. The summed E-state index contributed by atoms with van der Waals surface area (Å²) in [6.45, 7) is 0. The van der Waals surface area contributed by atoms with Crippen LogP contribution in [0.4, 0.5) is 27.1 Å². The number of hydrogen-bond acceptors (Lipinski definition) is 5. The van der Waals surface area contributed by atoms with E-state index >= 15 is 0 Å². The third-order valence-electron chi connectivity index (χ3n) is 6.26. The summed E-state index contributed by atoms with van der Waals surface area (Å²) in [4.78, 5) is 12.7. The van der Waals surface area contributed by atoms with Gasteiger partial charge in [0, 0.05) is 46.0 Å². The summed E-state index contributed by atoms with van der Waals surface area (Å²) in [5.74, 6) is -0.505. The molecule has 7 nitrogen and oxygen atoms in total. The highest BCUT2D eigenvalue weighted by molar-refractivity contribution is 7.90. The molecule has 1 amide bonds. The molecule has 0 radical (unpaired) electrons. The number of rotatable bonds is 7. The molecule has 0 saturated heterocycles. The Morgan fingerprint density at radius 1 is 0.946 bits per heavy atom. The lowest BCUT2D eigenvalue weighted by Crippen LogP contribution is -2.39. The molecular weight excluding hydrogens is 489 g/mol. The highest BCUT2D eigenvalue weighted by atomic mass is 32.2. The largest absolute Gasteiger partial charge is 0.382 e. The van der Waals surface area contributed by atoms with Crippen LogP contribution in [0.2, 0.25) is 0 Å². The molecule has 1 saturated carbocycles. The molecule has 1 aliphatic carbocycles. The van der Waals surface area contributed by atoms with Gasteiger partial charge in [0.2, 0.25) is 0 Å². The van der Waals surface area contributed by atoms with Crippen LogP contribution in [0.3, 0.4) is 0 Å². The van der Waals surface area contributed by atoms with Gasteiger partial charge in [0.1, 0.15) is 15.7 Å². The van der Waals surface area contributed by atoms with Crippen molar-refractivity contribution in [2.75, 3.05) is 22.2 Å². The van der Waals surface area contributed by atoms with Gasteiger partial charge in [-0.15, -0.1) is 0 Å². The smallest absolute Gasteiger partial charge is 0.255 e. The van der Waals surface area contributed by atoms with Gasteiger partial charge in [-0.25, -0.2) is 18.1 Å². The van der Waals surface area contributed by atoms with Gasteiger partial charge in [-0.05, 0) is 85.0 Å². The quantitative estimate of drug-likeness (QED) is 0.245. The van der Waals surface area contributed by atoms with Crippen LogP contribution in [0.25, 0.3) is 10.8 Å². The molecule has 4 aromatic rings. The minimum Gasteiger partial charge on any atom is -0.382 e. The number of benzene rings is 4. The second-order valence-corrected chi connectivity index (χ2v) is 11.3. The Morgan fingerprint density at radius 3 is 2.32 bits per heavy atom. The van der Waals surface area contributed by atoms with Crippen molar-refractivity contribution >= 4 is 49.3 Å².